The molecule has 0 radical (unpaired) electrons. The highest BCUT2D eigenvalue weighted by atomic mass is 35.7. The second-order valence-corrected chi connectivity index (χ2v) is 7.94. The summed E-state index contributed by atoms with van der Waals surface area (Å²) in [6.45, 7) is 3.98. The first-order valence-electron chi connectivity index (χ1n) is 5.02. The van der Waals surface area contributed by atoms with Crippen LogP contribution in [0.25, 0.3) is 0 Å². The molecule has 0 bridgehead atoms. The Morgan fingerprint density at radius 1 is 1.56 bits per heavy atom. The third-order valence-electron chi connectivity index (χ3n) is 2.31. The molecule has 1 aromatic rings. The van der Waals surface area contributed by atoms with Crippen molar-refractivity contribution >= 4 is 37.0 Å². The molecule has 0 spiro atoms. The second-order valence-electron chi connectivity index (χ2n) is 4.24. The lowest BCUT2D eigenvalue weighted by Gasteiger charge is -2.22. The van der Waals surface area contributed by atoms with Crippen LogP contribution in [0, 0.1) is 0 Å². The van der Waals surface area contributed by atoms with E-state index >= 15 is 0 Å². The van der Waals surface area contributed by atoms with Gasteiger partial charge in [-0.25, -0.2) is 8.42 Å². The van der Waals surface area contributed by atoms with Crippen LogP contribution in [0.4, 0.5) is 0 Å². The minimum atomic E-state index is -3.78. The second kappa shape index (κ2) is 5.56. The SMILES string of the molecule is COC(C)(C)CNC(=O)c1csc(S(=O)(=O)Cl)c1. The predicted octanol–water partition coefficient (Wildman–Crippen LogP) is 1.83. The van der Waals surface area contributed by atoms with Crippen molar-refractivity contribution in [3.8, 4) is 0 Å². The summed E-state index contributed by atoms with van der Waals surface area (Å²) >= 11 is 0.912. The zero-order valence-corrected chi connectivity index (χ0v) is 12.6. The first kappa shape index (κ1) is 15.4. The van der Waals surface area contributed by atoms with Gasteiger partial charge in [0.25, 0.3) is 15.0 Å². The number of hydrogen-bond donors (Lipinski definition) is 1. The summed E-state index contributed by atoms with van der Waals surface area (Å²) in [7, 11) is 2.95. The predicted molar refractivity (Wildman–Crippen MR) is 70.8 cm³/mol. The Labute approximate surface area is 115 Å². The van der Waals surface area contributed by atoms with Crippen molar-refractivity contribution in [1.29, 1.82) is 0 Å². The Morgan fingerprint density at radius 3 is 2.61 bits per heavy atom. The van der Waals surface area contributed by atoms with E-state index in [1.807, 2.05) is 13.8 Å². The molecule has 0 unspecified atom stereocenters. The molecule has 5 nitrogen and oxygen atoms in total. The van der Waals surface area contributed by atoms with Gasteiger partial charge in [-0.05, 0) is 19.9 Å². The molecule has 0 aliphatic rings. The molecule has 102 valence electrons. The summed E-state index contributed by atoms with van der Waals surface area (Å²) < 4.78 is 27.2. The van der Waals surface area contributed by atoms with E-state index in [-0.39, 0.29) is 15.7 Å². The van der Waals surface area contributed by atoms with Crippen molar-refractivity contribution < 1.29 is 17.9 Å². The quantitative estimate of drug-likeness (QED) is 0.842. The fourth-order valence-electron chi connectivity index (χ4n) is 1.03. The molecule has 8 heteroatoms. The Bertz CT molecular complexity index is 536. The lowest BCUT2D eigenvalue weighted by molar-refractivity contribution is 0.0229. The number of hydrogen-bond acceptors (Lipinski definition) is 5. The molecular weight excluding hydrogens is 298 g/mol. The van der Waals surface area contributed by atoms with Gasteiger partial charge in [-0.3, -0.25) is 4.79 Å². The molecule has 0 saturated carbocycles. The summed E-state index contributed by atoms with van der Waals surface area (Å²) in [6.07, 6.45) is 0. The first-order chi connectivity index (χ1) is 8.15. The minimum Gasteiger partial charge on any atom is -0.377 e. The molecule has 0 aliphatic heterocycles. The molecule has 18 heavy (non-hydrogen) atoms. The Morgan fingerprint density at radius 2 is 2.17 bits per heavy atom. The summed E-state index contributed by atoms with van der Waals surface area (Å²) in [6, 6.07) is 1.25. The summed E-state index contributed by atoms with van der Waals surface area (Å²) in [4.78, 5) is 11.7. The highest BCUT2D eigenvalue weighted by Crippen LogP contribution is 2.23. The monoisotopic (exact) mass is 311 g/mol. The van der Waals surface area contributed by atoms with Crippen molar-refractivity contribution in [1.82, 2.24) is 5.32 Å². The van der Waals surface area contributed by atoms with Crippen molar-refractivity contribution in [2.45, 2.75) is 23.7 Å². The Kier molecular flexibility index (Phi) is 4.77. The fourth-order valence-corrected chi connectivity index (χ4v) is 2.98. The van der Waals surface area contributed by atoms with E-state index in [0.29, 0.717) is 6.54 Å². The van der Waals surface area contributed by atoms with Gasteiger partial charge in [0.2, 0.25) is 0 Å². The van der Waals surface area contributed by atoms with E-state index in [2.05, 4.69) is 5.32 Å². The summed E-state index contributed by atoms with van der Waals surface area (Å²) in [5.41, 5.74) is -0.210. The van der Waals surface area contributed by atoms with Crippen LogP contribution < -0.4 is 5.32 Å². The van der Waals surface area contributed by atoms with Crippen molar-refractivity contribution in [2.24, 2.45) is 0 Å². The smallest absolute Gasteiger partial charge is 0.270 e. The van der Waals surface area contributed by atoms with E-state index in [1.54, 1.807) is 7.11 Å². The van der Waals surface area contributed by atoms with E-state index in [0.717, 1.165) is 11.3 Å². The van der Waals surface area contributed by atoms with Crippen molar-refractivity contribution in [2.75, 3.05) is 13.7 Å². The number of amides is 1. The lowest BCUT2D eigenvalue weighted by Crippen LogP contribution is -2.39. The largest absolute Gasteiger partial charge is 0.377 e. The van der Waals surface area contributed by atoms with Gasteiger partial charge >= 0.3 is 0 Å². The fraction of sp³-hybridized carbons (Fsp3) is 0.500. The van der Waals surface area contributed by atoms with Crippen LogP contribution in [0.15, 0.2) is 15.7 Å². The number of nitrogens with one attached hydrogen (secondary N) is 1. The van der Waals surface area contributed by atoms with Crippen LogP contribution in [0.2, 0.25) is 0 Å². The maximum atomic E-state index is 11.7. The van der Waals surface area contributed by atoms with E-state index in [4.69, 9.17) is 15.4 Å². The average Bonchev–Trinajstić information content (AvgIpc) is 2.75. The Balaban J connectivity index is 2.72. The zero-order valence-electron chi connectivity index (χ0n) is 10.2. The van der Waals surface area contributed by atoms with Crippen LogP contribution in [0.5, 0.6) is 0 Å². The number of ether oxygens (including phenoxy) is 1. The van der Waals surface area contributed by atoms with Gasteiger partial charge in [-0.15, -0.1) is 11.3 Å². The molecule has 0 aliphatic carbocycles. The summed E-state index contributed by atoms with van der Waals surface area (Å²) in [5, 5.41) is 4.11. The highest BCUT2D eigenvalue weighted by Gasteiger charge is 2.20. The van der Waals surface area contributed by atoms with Gasteiger partial charge in [-0.1, -0.05) is 0 Å². The van der Waals surface area contributed by atoms with Gasteiger partial charge in [0.1, 0.15) is 4.21 Å². The molecule has 0 aromatic carbocycles. The minimum absolute atomic E-state index is 0.0414. The molecule has 0 saturated heterocycles. The third kappa shape index (κ3) is 4.24. The number of halogens is 1. The average molecular weight is 312 g/mol. The standard InChI is InChI=1S/C10H14ClNO4S2/c1-10(2,16-3)6-12-9(13)7-4-8(17-5-7)18(11,14)15/h4-5H,6H2,1-3H3,(H,12,13). The van der Waals surface area contributed by atoms with Gasteiger partial charge in [0.05, 0.1) is 11.2 Å². The normalized spacial score (nSPS) is 12.4. The maximum Gasteiger partial charge on any atom is 0.270 e. The van der Waals surface area contributed by atoms with Crippen LogP contribution in [-0.2, 0) is 13.8 Å². The maximum absolute atomic E-state index is 11.7. The number of carbonyl (C=O) groups is 1. The molecule has 1 aromatic heterocycles. The van der Waals surface area contributed by atoms with Crippen molar-refractivity contribution in [3.05, 3.63) is 17.0 Å². The van der Waals surface area contributed by atoms with Crippen LogP contribution in [0.3, 0.4) is 0 Å². The zero-order chi connectivity index (χ0) is 14.0. The molecule has 1 heterocycles. The Hall–Kier alpha value is -0.630. The van der Waals surface area contributed by atoms with E-state index < -0.39 is 14.7 Å². The number of thiophene rings is 1. The summed E-state index contributed by atoms with van der Waals surface area (Å²) in [5.74, 6) is -0.358. The van der Waals surface area contributed by atoms with Crippen LogP contribution >= 0.6 is 22.0 Å². The molecule has 1 rings (SSSR count). The van der Waals surface area contributed by atoms with Gasteiger partial charge < -0.3 is 10.1 Å². The molecular formula is C10H14ClNO4S2. The topological polar surface area (TPSA) is 72.5 Å². The van der Waals surface area contributed by atoms with Gasteiger partial charge in [-0.2, -0.15) is 0 Å². The third-order valence-corrected chi connectivity index (χ3v) is 5.35. The molecule has 0 fully saturated rings. The van der Waals surface area contributed by atoms with Crippen LogP contribution in [-0.4, -0.2) is 33.6 Å². The number of carbonyl (C=O) groups excluding carboxylic acids is 1. The number of methoxy groups -OCH3 is 1. The molecule has 1 N–H and O–H groups in total. The van der Waals surface area contributed by atoms with Gasteiger partial charge in [0, 0.05) is 29.7 Å². The molecule has 1 amide bonds. The van der Waals surface area contributed by atoms with E-state index in [1.165, 1.54) is 11.4 Å². The van der Waals surface area contributed by atoms with Gasteiger partial charge in [0.15, 0.2) is 0 Å². The molecule has 0 atom stereocenters. The first-order valence-corrected chi connectivity index (χ1v) is 8.21. The van der Waals surface area contributed by atoms with Crippen LogP contribution in [0.1, 0.15) is 24.2 Å². The number of rotatable bonds is 5. The highest BCUT2D eigenvalue weighted by molar-refractivity contribution is 8.15. The lowest BCUT2D eigenvalue weighted by atomic mass is 10.1. The van der Waals surface area contributed by atoms with E-state index in [9.17, 15) is 13.2 Å². The van der Waals surface area contributed by atoms with Crippen molar-refractivity contribution in [3.63, 3.8) is 0 Å².